The third-order valence-corrected chi connectivity index (χ3v) is 2.26. The number of fused-ring (bicyclic) bond motifs is 1. The van der Waals surface area contributed by atoms with Gasteiger partial charge < -0.3 is 5.32 Å². The van der Waals surface area contributed by atoms with Crippen LogP contribution in [0, 0.1) is 0 Å². The Morgan fingerprint density at radius 3 is 3.19 bits per heavy atom. The van der Waals surface area contributed by atoms with E-state index in [0.717, 1.165) is 0 Å². The molecule has 0 radical (unpaired) electrons. The van der Waals surface area contributed by atoms with Crippen LogP contribution in [0.1, 0.15) is 5.69 Å². The molecule has 0 aliphatic carbocycles. The van der Waals surface area contributed by atoms with E-state index in [1.165, 1.54) is 10.6 Å². The van der Waals surface area contributed by atoms with Crippen molar-refractivity contribution >= 4 is 23.2 Å². The van der Waals surface area contributed by atoms with Gasteiger partial charge in [-0.15, -0.1) is 11.6 Å². The molecule has 1 amide bonds. The molecule has 0 aromatic carbocycles. The lowest BCUT2D eigenvalue weighted by atomic mass is 10.4. The smallest absolute Gasteiger partial charge is 0.272 e. The molecule has 0 aliphatic heterocycles. The maximum atomic E-state index is 11.5. The van der Waals surface area contributed by atoms with Crippen molar-refractivity contribution in [2.24, 2.45) is 0 Å². The summed E-state index contributed by atoms with van der Waals surface area (Å²) in [6.45, 7) is 0.197. The molecular weight excluding hydrogens is 232 g/mol. The van der Waals surface area contributed by atoms with Crippen molar-refractivity contribution in [3.8, 4) is 0 Å². The molecule has 0 bridgehead atoms. The SMILES string of the molecule is O=C(CCl)NCc1cc(=O)n2[nH]ccc2n1. The number of carbonyl (C=O) groups excluding carboxylic acids is 1. The van der Waals surface area contributed by atoms with Gasteiger partial charge in [0.2, 0.25) is 5.91 Å². The number of aromatic nitrogens is 3. The van der Waals surface area contributed by atoms with E-state index >= 15 is 0 Å². The summed E-state index contributed by atoms with van der Waals surface area (Å²) < 4.78 is 1.31. The largest absolute Gasteiger partial charge is 0.349 e. The number of aromatic amines is 1. The van der Waals surface area contributed by atoms with Crippen molar-refractivity contribution in [3.05, 3.63) is 34.4 Å². The topological polar surface area (TPSA) is 79.3 Å². The van der Waals surface area contributed by atoms with Gasteiger partial charge in [0, 0.05) is 18.3 Å². The number of rotatable bonds is 3. The second-order valence-corrected chi connectivity index (χ2v) is 3.42. The molecule has 2 heterocycles. The average Bonchev–Trinajstić information content (AvgIpc) is 2.74. The summed E-state index contributed by atoms with van der Waals surface area (Å²) in [5, 5.41) is 5.27. The van der Waals surface area contributed by atoms with Crippen LogP contribution in [0.4, 0.5) is 0 Å². The summed E-state index contributed by atoms with van der Waals surface area (Å²) >= 11 is 5.32. The second-order valence-electron chi connectivity index (χ2n) is 3.15. The Labute approximate surface area is 95.2 Å². The minimum absolute atomic E-state index is 0.106. The summed E-state index contributed by atoms with van der Waals surface area (Å²) in [5.74, 6) is -0.400. The van der Waals surface area contributed by atoms with Gasteiger partial charge >= 0.3 is 0 Å². The van der Waals surface area contributed by atoms with Crippen molar-refractivity contribution in [3.63, 3.8) is 0 Å². The van der Waals surface area contributed by atoms with Crippen LogP contribution in [0.15, 0.2) is 23.1 Å². The molecule has 0 atom stereocenters. The summed E-state index contributed by atoms with van der Waals surface area (Å²) in [6.07, 6.45) is 1.62. The maximum Gasteiger partial charge on any atom is 0.272 e. The summed E-state index contributed by atoms with van der Waals surface area (Å²) in [4.78, 5) is 26.6. The lowest BCUT2D eigenvalue weighted by Gasteiger charge is -2.02. The zero-order chi connectivity index (χ0) is 11.5. The van der Waals surface area contributed by atoms with E-state index in [-0.39, 0.29) is 23.9 Å². The van der Waals surface area contributed by atoms with Gasteiger partial charge in [-0.05, 0) is 0 Å². The number of hydrogen-bond acceptors (Lipinski definition) is 3. The van der Waals surface area contributed by atoms with Crippen molar-refractivity contribution in [2.45, 2.75) is 6.54 Å². The highest BCUT2D eigenvalue weighted by atomic mass is 35.5. The Bertz CT molecular complexity index is 574. The Morgan fingerprint density at radius 1 is 1.62 bits per heavy atom. The van der Waals surface area contributed by atoms with E-state index in [1.807, 2.05) is 0 Å². The number of alkyl halides is 1. The first-order valence-corrected chi connectivity index (χ1v) is 5.13. The molecule has 0 fully saturated rings. The number of halogens is 1. The standard InChI is InChI=1S/C9H9ClN4O2/c10-4-8(15)11-5-6-3-9(16)14-7(13-6)1-2-12-14/h1-3,12H,4-5H2,(H,11,15). The maximum absolute atomic E-state index is 11.5. The van der Waals surface area contributed by atoms with Gasteiger partial charge in [0.05, 0.1) is 12.2 Å². The molecule has 6 nitrogen and oxygen atoms in total. The molecule has 2 N–H and O–H groups in total. The summed E-state index contributed by atoms with van der Waals surface area (Å²) in [5.41, 5.74) is 0.802. The third-order valence-electron chi connectivity index (χ3n) is 2.02. The van der Waals surface area contributed by atoms with Crippen molar-refractivity contribution in [1.82, 2.24) is 19.9 Å². The average molecular weight is 241 g/mol. The van der Waals surface area contributed by atoms with E-state index in [0.29, 0.717) is 11.3 Å². The van der Waals surface area contributed by atoms with Crippen molar-refractivity contribution < 1.29 is 4.79 Å². The molecule has 0 aliphatic rings. The van der Waals surface area contributed by atoms with Crippen LogP contribution in [0.5, 0.6) is 0 Å². The molecule has 16 heavy (non-hydrogen) atoms. The second kappa shape index (κ2) is 4.36. The Hall–Kier alpha value is -1.82. The minimum Gasteiger partial charge on any atom is -0.349 e. The molecule has 2 aromatic heterocycles. The first-order valence-electron chi connectivity index (χ1n) is 4.59. The predicted molar refractivity (Wildman–Crippen MR) is 58.4 cm³/mol. The Balaban J connectivity index is 2.25. The van der Waals surface area contributed by atoms with E-state index < -0.39 is 0 Å². The van der Waals surface area contributed by atoms with E-state index in [1.54, 1.807) is 12.3 Å². The van der Waals surface area contributed by atoms with Crippen molar-refractivity contribution in [1.29, 1.82) is 0 Å². The number of hydrogen-bond donors (Lipinski definition) is 2. The van der Waals surface area contributed by atoms with Gasteiger partial charge in [0.1, 0.15) is 5.88 Å². The van der Waals surface area contributed by atoms with Gasteiger partial charge in [0.25, 0.3) is 5.56 Å². The Kier molecular flexibility index (Phi) is 2.91. The van der Waals surface area contributed by atoms with Gasteiger partial charge in [-0.2, -0.15) is 0 Å². The molecule has 0 saturated heterocycles. The zero-order valence-electron chi connectivity index (χ0n) is 8.24. The first kappa shape index (κ1) is 10.7. The lowest BCUT2D eigenvalue weighted by molar-refractivity contribution is -0.118. The predicted octanol–water partition coefficient (Wildman–Crippen LogP) is -0.122. The molecule has 0 spiro atoms. The molecule has 0 unspecified atom stereocenters. The summed E-state index contributed by atoms with van der Waals surface area (Å²) in [7, 11) is 0. The van der Waals surface area contributed by atoms with Crippen LogP contribution in [0.2, 0.25) is 0 Å². The van der Waals surface area contributed by atoms with Gasteiger partial charge in [0.15, 0.2) is 5.65 Å². The molecule has 0 saturated carbocycles. The lowest BCUT2D eigenvalue weighted by Crippen LogP contribution is -2.26. The van der Waals surface area contributed by atoms with E-state index in [4.69, 9.17) is 11.6 Å². The number of amides is 1. The van der Waals surface area contributed by atoms with Crippen LogP contribution >= 0.6 is 11.6 Å². The number of H-pyrrole nitrogens is 1. The van der Waals surface area contributed by atoms with E-state index in [9.17, 15) is 9.59 Å². The third kappa shape index (κ3) is 2.06. The molecule has 2 aromatic rings. The fourth-order valence-corrected chi connectivity index (χ4v) is 1.40. The number of carbonyl (C=O) groups is 1. The normalized spacial score (nSPS) is 10.6. The van der Waals surface area contributed by atoms with Crippen LogP contribution < -0.4 is 10.9 Å². The fraction of sp³-hybridized carbons (Fsp3) is 0.222. The van der Waals surface area contributed by atoms with Crippen LogP contribution in [-0.4, -0.2) is 26.4 Å². The number of nitrogens with one attached hydrogen (secondary N) is 2. The fourth-order valence-electron chi connectivity index (χ4n) is 1.30. The minimum atomic E-state index is -0.294. The Morgan fingerprint density at radius 2 is 2.44 bits per heavy atom. The number of nitrogens with zero attached hydrogens (tertiary/aromatic N) is 2. The quantitative estimate of drug-likeness (QED) is 0.734. The van der Waals surface area contributed by atoms with Gasteiger partial charge in [-0.1, -0.05) is 0 Å². The van der Waals surface area contributed by atoms with Crippen LogP contribution in [0.25, 0.3) is 5.65 Å². The molecule has 2 rings (SSSR count). The molecule has 7 heteroatoms. The molecule has 84 valence electrons. The van der Waals surface area contributed by atoms with Crippen LogP contribution in [0.3, 0.4) is 0 Å². The van der Waals surface area contributed by atoms with Gasteiger partial charge in [-0.25, -0.2) is 9.50 Å². The highest BCUT2D eigenvalue weighted by Crippen LogP contribution is 1.96. The van der Waals surface area contributed by atoms with E-state index in [2.05, 4.69) is 15.4 Å². The molecular formula is C9H9ClN4O2. The highest BCUT2D eigenvalue weighted by molar-refractivity contribution is 6.27. The van der Waals surface area contributed by atoms with Crippen LogP contribution in [-0.2, 0) is 11.3 Å². The summed E-state index contributed by atoms with van der Waals surface area (Å²) in [6, 6.07) is 3.03. The monoisotopic (exact) mass is 240 g/mol. The highest BCUT2D eigenvalue weighted by Gasteiger charge is 2.04. The van der Waals surface area contributed by atoms with Crippen molar-refractivity contribution in [2.75, 3.05) is 5.88 Å². The van der Waals surface area contributed by atoms with Gasteiger partial charge in [-0.3, -0.25) is 14.7 Å². The first-order chi connectivity index (χ1) is 7.70. The zero-order valence-corrected chi connectivity index (χ0v) is 8.99.